The molecule has 0 radical (unpaired) electrons. The Morgan fingerprint density at radius 3 is 2.56 bits per heavy atom. The third-order valence-electron chi connectivity index (χ3n) is 3.57. The highest BCUT2D eigenvalue weighted by Gasteiger charge is 2.41. The van der Waals surface area contributed by atoms with Gasteiger partial charge < -0.3 is 10.4 Å². The number of aryl methyl sites for hydroxylation is 1. The van der Waals surface area contributed by atoms with E-state index in [0.29, 0.717) is 17.7 Å². The first-order chi connectivity index (χ1) is 8.53. The molecular formula is C13H17NO3S. The maximum atomic E-state index is 11.9. The van der Waals surface area contributed by atoms with Gasteiger partial charge in [0.1, 0.15) is 0 Å². The average molecular weight is 267 g/mol. The lowest BCUT2D eigenvalue weighted by molar-refractivity contribution is -0.148. The van der Waals surface area contributed by atoms with Crippen molar-refractivity contribution in [2.24, 2.45) is 5.41 Å². The highest BCUT2D eigenvalue weighted by molar-refractivity contribution is 7.13. The zero-order valence-electron chi connectivity index (χ0n) is 10.4. The highest BCUT2D eigenvalue weighted by Crippen LogP contribution is 2.37. The Hall–Kier alpha value is -1.36. The fraction of sp³-hybridized carbons (Fsp3) is 0.538. The molecule has 1 aromatic rings. The molecule has 1 fully saturated rings. The number of amides is 1. The zero-order valence-corrected chi connectivity index (χ0v) is 11.2. The third kappa shape index (κ3) is 2.56. The summed E-state index contributed by atoms with van der Waals surface area (Å²) >= 11 is 1.43. The second-order valence-electron chi connectivity index (χ2n) is 4.89. The van der Waals surface area contributed by atoms with Gasteiger partial charge in [-0.15, -0.1) is 11.3 Å². The summed E-state index contributed by atoms with van der Waals surface area (Å²) in [5.74, 6) is -0.955. The van der Waals surface area contributed by atoms with Crippen LogP contribution in [0.5, 0.6) is 0 Å². The largest absolute Gasteiger partial charge is 0.481 e. The summed E-state index contributed by atoms with van der Waals surface area (Å²) in [5.41, 5.74) is -0.748. The van der Waals surface area contributed by atoms with E-state index in [9.17, 15) is 14.7 Å². The van der Waals surface area contributed by atoms with E-state index < -0.39 is 11.4 Å². The van der Waals surface area contributed by atoms with Crippen LogP contribution in [0.1, 0.15) is 40.2 Å². The average Bonchev–Trinajstić information content (AvgIpc) is 2.95. The van der Waals surface area contributed by atoms with Crippen LogP contribution >= 0.6 is 11.3 Å². The zero-order chi connectivity index (χ0) is 13.2. The SMILES string of the molecule is Cc1ccc(C(=O)NCC2(C(=O)O)CCCC2)s1. The first-order valence-corrected chi connectivity index (χ1v) is 6.93. The predicted octanol–water partition coefficient (Wildman–Crippen LogP) is 2.43. The Morgan fingerprint density at radius 1 is 1.39 bits per heavy atom. The van der Waals surface area contributed by atoms with Gasteiger partial charge in [0.2, 0.25) is 0 Å². The van der Waals surface area contributed by atoms with Gasteiger partial charge in [0.15, 0.2) is 0 Å². The standard InChI is InChI=1S/C13H17NO3S/c1-9-4-5-10(18-9)11(15)14-8-13(12(16)17)6-2-3-7-13/h4-5H,2-3,6-8H2,1H3,(H,14,15)(H,16,17). The molecule has 1 aromatic heterocycles. The lowest BCUT2D eigenvalue weighted by Crippen LogP contribution is -2.41. The molecule has 0 aliphatic heterocycles. The molecule has 18 heavy (non-hydrogen) atoms. The summed E-state index contributed by atoms with van der Waals surface area (Å²) in [7, 11) is 0. The molecule has 4 nitrogen and oxygen atoms in total. The van der Waals surface area contributed by atoms with Gasteiger partial charge in [-0.3, -0.25) is 9.59 Å². The van der Waals surface area contributed by atoms with Gasteiger partial charge in [0, 0.05) is 11.4 Å². The number of hydrogen-bond acceptors (Lipinski definition) is 3. The van der Waals surface area contributed by atoms with Crippen molar-refractivity contribution in [1.82, 2.24) is 5.32 Å². The monoisotopic (exact) mass is 267 g/mol. The van der Waals surface area contributed by atoms with Crippen LogP contribution in [0.2, 0.25) is 0 Å². The van der Waals surface area contributed by atoms with Gasteiger partial charge in [0.25, 0.3) is 5.91 Å². The molecule has 0 bridgehead atoms. The number of aliphatic carboxylic acids is 1. The number of carboxylic acid groups (broad SMARTS) is 1. The number of carbonyl (C=O) groups excluding carboxylic acids is 1. The van der Waals surface area contributed by atoms with E-state index >= 15 is 0 Å². The molecule has 5 heteroatoms. The van der Waals surface area contributed by atoms with E-state index in [0.717, 1.165) is 17.7 Å². The second-order valence-corrected chi connectivity index (χ2v) is 6.17. The summed E-state index contributed by atoms with van der Waals surface area (Å²) in [6, 6.07) is 3.67. The number of rotatable bonds is 4. The van der Waals surface area contributed by atoms with Gasteiger partial charge >= 0.3 is 5.97 Å². The number of carbonyl (C=O) groups is 2. The van der Waals surface area contributed by atoms with Crippen LogP contribution in [0.15, 0.2) is 12.1 Å². The normalized spacial score (nSPS) is 17.6. The van der Waals surface area contributed by atoms with Crippen molar-refractivity contribution < 1.29 is 14.7 Å². The molecule has 0 atom stereocenters. The minimum absolute atomic E-state index is 0.166. The topological polar surface area (TPSA) is 66.4 Å². The molecule has 1 aliphatic rings. The molecule has 1 amide bonds. The van der Waals surface area contributed by atoms with Crippen LogP contribution in [0, 0.1) is 12.3 Å². The van der Waals surface area contributed by atoms with Crippen molar-refractivity contribution in [2.45, 2.75) is 32.6 Å². The first kappa shape index (κ1) is 13.1. The number of thiophene rings is 1. The Balaban J connectivity index is 1.98. The third-order valence-corrected chi connectivity index (χ3v) is 4.57. The van der Waals surface area contributed by atoms with Gasteiger partial charge in [-0.1, -0.05) is 12.8 Å². The minimum atomic E-state index is -0.789. The van der Waals surface area contributed by atoms with Gasteiger partial charge in [0.05, 0.1) is 10.3 Å². The molecule has 1 heterocycles. The minimum Gasteiger partial charge on any atom is -0.481 e. The van der Waals surface area contributed by atoms with Crippen LogP contribution in [-0.4, -0.2) is 23.5 Å². The lowest BCUT2D eigenvalue weighted by Gasteiger charge is -2.23. The molecular weight excluding hydrogens is 250 g/mol. The van der Waals surface area contributed by atoms with E-state index in [-0.39, 0.29) is 12.5 Å². The molecule has 2 N–H and O–H groups in total. The van der Waals surface area contributed by atoms with Crippen LogP contribution in [0.25, 0.3) is 0 Å². The fourth-order valence-corrected chi connectivity index (χ4v) is 3.20. The van der Waals surface area contributed by atoms with Gasteiger partial charge in [-0.25, -0.2) is 0 Å². The molecule has 0 unspecified atom stereocenters. The summed E-state index contributed by atoms with van der Waals surface area (Å²) in [4.78, 5) is 24.9. The Morgan fingerprint density at radius 2 is 2.06 bits per heavy atom. The summed E-state index contributed by atoms with van der Waals surface area (Å²) in [5, 5.41) is 12.1. The molecule has 1 saturated carbocycles. The maximum Gasteiger partial charge on any atom is 0.311 e. The van der Waals surface area contributed by atoms with Crippen LogP contribution in [0.3, 0.4) is 0 Å². The van der Waals surface area contributed by atoms with Crippen molar-refractivity contribution in [2.75, 3.05) is 6.54 Å². The maximum absolute atomic E-state index is 11.9. The van der Waals surface area contributed by atoms with Crippen molar-refractivity contribution in [3.05, 3.63) is 21.9 Å². The van der Waals surface area contributed by atoms with Crippen molar-refractivity contribution in [1.29, 1.82) is 0 Å². The molecule has 0 aromatic carbocycles. The van der Waals surface area contributed by atoms with E-state index in [2.05, 4.69) is 5.32 Å². The van der Waals surface area contributed by atoms with Gasteiger partial charge in [-0.2, -0.15) is 0 Å². The molecule has 0 spiro atoms. The van der Waals surface area contributed by atoms with Crippen molar-refractivity contribution in [3.63, 3.8) is 0 Å². The molecule has 0 saturated heterocycles. The smallest absolute Gasteiger partial charge is 0.311 e. The van der Waals surface area contributed by atoms with Gasteiger partial charge in [-0.05, 0) is 31.9 Å². The van der Waals surface area contributed by atoms with Crippen molar-refractivity contribution >= 4 is 23.2 Å². The highest BCUT2D eigenvalue weighted by atomic mass is 32.1. The summed E-state index contributed by atoms with van der Waals surface area (Å²) in [6.07, 6.45) is 3.18. The molecule has 98 valence electrons. The van der Waals surface area contributed by atoms with E-state index in [1.165, 1.54) is 11.3 Å². The molecule has 2 rings (SSSR count). The predicted molar refractivity (Wildman–Crippen MR) is 69.9 cm³/mol. The Labute approximate surface area is 110 Å². The number of hydrogen-bond donors (Lipinski definition) is 2. The van der Waals surface area contributed by atoms with Crippen LogP contribution in [-0.2, 0) is 4.79 Å². The number of carboxylic acids is 1. The number of nitrogens with one attached hydrogen (secondary N) is 1. The fourth-order valence-electron chi connectivity index (χ4n) is 2.41. The van der Waals surface area contributed by atoms with Crippen LogP contribution < -0.4 is 5.32 Å². The Bertz CT molecular complexity index is 461. The quantitative estimate of drug-likeness (QED) is 0.880. The first-order valence-electron chi connectivity index (χ1n) is 6.12. The van der Waals surface area contributed by atoms with E-state index in [1.54, 1.807) is 6.07 Å². The summed E-state index contributed by atoms with van der Waals surface area (Å²) in [6.45, 7) is 2.18. The van der Waals surface area contributed by atoms with Crippen LogP contribution in [0.4, 0.5) is 0 Å². The lowest BCUT2D eigenvalue weighted by atomic mass is 9.86. The van der Waals surface area contributed by atoms with Crippen molar-refractivity contribution in [3.8, 4) is 0 Å². The second kappa shape index (κ2) is 5.10. The van der Waals surface area contributed by atoms with E-state index in [1.807, 2.05) is 13.0 Å². The summed E-state index contributed by atoms with van der Waals surface area (Å²) < 4.78 is 0. The van der Waals surface area contributed by atoms with E-state index in [4.69, 9.17) is 0 Å². The Kier molecular flexibility index (Phi) is 3.71. The molecule has 1 aliphatic carbocycles.